The number of carbonyl (C=O) groups excluding carboxylic acids is 1. The zero-order chi connectivity index (χ0) is 15.5. The number of hydrogen-bond acceptors (Lipinski definition) is 5. The average Bonchev–Trinajstić information content (AvgIpc) is 2.47. The largest absolute Gasteiger partial charge is 0.469 e. The van der Waals surface area contributed by atoms with E-state index in [-0.39, 0.29) is 23.0 Å². The third-order valence-corrected chi connectivity index (χ3v) is 5.73. The summed E-state index contributed by atoms with van der Waals surface area (Å²) in [6.45, 7) is 0.401. The number of rotatable bonds is 4. The Kier molecular flexibility index (Phi) is 4.84. The molecule has 2 rings (SSSR count). The SMILES string of the molecule is COC(=O)CC1CCCCN1S(=O)(=O)c1ccccc1N. The molecule has 2 N–H and O–H groups in total. The first-order valence-electron chi connectivity index (χ1n) is 6.90. The van der Waals surface area contributed by atoms with Crippen LogP contribution in [0.1, 0.15) is 25.7 Å². The first kappa shape index (κ1) is 15.8. The Labute approximate surface area is 124 Å². The van der Waals surface area contributed by atoms with Crippen LogP contribution in [-0.4, -0.2) is 38.4 Å². The van der Waals surface area contributed by atoms with Gasteiger partial charge in [-0.05, 0) is 25.0 Å². The van der Waals surface area contributed by atoms with Crippen LogP contribution in [0, 0.1) is 0 Å². The molecule has 6 nitrogen and oxygen atoms in total. The number of benzene rings is 1. The van der Waals surface area contributed by atoms with Crippen molar-refractivity contribution in [3.63, 3.8) is 0 Å². The number of ether oxygens (including phenoxy) is 1. The van der Waals surface area contributed by atoms with Crippen molar-refractivity contribution < 1.29 is 17.9 Å². The van der Waals surface area contributed by atoms with Crippen molar-refractivity contribution in [2.24, 2.45) is 0 Å². The minimum absolute atomic E-state index is 0.0719. The minimum atomic E-state index is -3.70. The first-order chi connectivity index (χ1) is 9.96. The molecule has 1 fully saturated rings. The lowest BCUT2D eigenvalue weighted by atomic mass is 10.0. The summed E-state index contributed by atoms with van der Waals surface area (Å²) in [4.78, 5) is 11.6. The molecule has 21 heavy (non-hydrogen) atoms. The number of piperidine rings is 1. The highest BCUT2D eigenvalue weighted by molar-refractivity contribution is 7.89. The highest BCUT2D eigenvalue weighted by Gasteiger charge is 2.35. The van der Waals surface area contributed by atoms with Gasteiger partial charge in [0.05, 0.1) is 19.2 Å². The zero-order valence-corrected chi connectivity index (χ0v) is 12.8. The molecule has 0 amide bonds. The molecule has 0 saturated carbocycles. The summed E-state index contributed by atoms with van der Waals surface area (Å²) < 4.78 is 31.6. The number of sulfonamides is 1. The van der Waals surface area contributed by atoms with E-state index in [1.807, 2.05) is 0 Å². The number of nitrogens with zero attached hydrogens (tertiary/aromatic N) is 1. The van der Waals surface area contributed by atoms with Crippen LogP contribution in [0.2, 0.25) is 0 Å². The number of hydrogen-bond donors (Lipinski definition) is 1. The van der Waals surface area contributed by atoms with Gasteiger partial charge in [0.15, 0.2) is 0 Å². The first-order valence-corrected chi connectivity index (χ1v) is 8.34. The number of anilines is 1. The zero-order valence-electron chi connectivity index (χ0n) is 12.0. The molecule has 1 aliphatic rings. The van der Waals surface area contributed by atoms with Crippen LogP contribution < -0.4 is 5.73 Å². The number of esters is 1. The van der Waals surface area contributed by atoms with Crippen molar-refractivity contribution in [2.45, 2.75) is 36.6 Å². The van der Waals surface area contributed by atoms with Crippen molar-refractivity contribution in [1.29, 1.82) is 0 Å². The van der Waals surface area contributed by atoms with Crippen LogP contribution in [0.5, 0.6) is 0 Å². The van der Waals surface area contributed by atoms with Gasteiger partial charge < -0.3 is 10.5 Å². The predicted molar refractivity (Wildman–Crippen MR) is 79.0 cm³/mol. The third-order valence-electron chi connectivity index (χ3n) is 3.71. The Morgan fingerprint density at radius 1 is 1.38 bits per heavy atom. The average molecular weight is 312 g/mol. The molecule has 0 radical (unpaired) electrons. The highest BCUT2D eigenvalue weighted by atomic mass is 32.2. The second kappa shape index (κ2) is 6.44. The summed E-state index contributed by atoms with van der Waals surface area (Å²) in [5, 5.41) is 0. The number of para-hydroxylation sites is 1. The maximum absolute atomic E-state index is 12.8. The Morgan fingerprint density at radius 2 is 2.10 bits per heavy atom. The van der Waals surface area contributed by atoms with Gasteiger partial charge in [0, 0.05) is 12.6 Å². The van der Waals surface area contributed by atoms with E-state index in [9.17, 15) is 13.2 Å². The van der Waals surface area contributed by atoms with E-state index < -0.39 is 16.0 Å². The van der Waals surface area contributed by atoms with Gasteiger partial charge in [-0.2, -0.15) is 4.31 Å². The second-order valence-corrected chi connectivity index (χ2v) is 6.94. The molecule has 7 heteroatoms. The lowest BCUT2D eigenvalue weighted by molar-refractivity contribution is -0.141. The predicted octanol–water partition coefficient (Wildman–Crippen LogP) is 1.38. The third kappa shape index (κ3) is 3.36. The van der Waals surface area contributed by atoms with Crippen molar-refractivity contribution >= 4 is 21.7 Å². The lowest BCUT2D eigenvalue weighted by Crippen LogP contribution is -2.44. The van der Waals surface area contributed by atoms with Gasteiger partial charge in [-0.1, -0.05) is 18.6 Å². The molecule has 1 saturated heterocycles. The monoisotopic (exact) mass is 312 g/mol. The molecule has 0 aliphatic carbocycles. The van der Waals surface area contributed by atoms with Crippen LogP contribution >= 0.6 is 0 Å². The van der Waals surface area contributed by atoms with Crippen molar-refractivity contribution in [2.75, 3.05) is 19.4 Å². The van der Waals surface area contributed by atoms with Crippen LogP contribution in [-0.2, 0) is 19.6 Å². The van der Waals surface area contributed by atoms with Gasteiger partial charge in [0.2, 0.25) is 10.0 Å². The van der Waals surface area contributed by atoms with E-state index in [2.05, 4.69) is 4.74 Å². The summed E-state index contributed by atoms with van der Waals surface area (Å²) in [6.07, 6.45) is 2.41. The van der Waals surface area contributed by atoms with Crippen molar-refractivity contribution in [1.82, 2.24) is 4.31 Å². The summed E-state index contributed by atoms with van der Waals surface area (Å²) in [5.74, 6) is -0.400. The normalized spacial score (nSPS) is 20.1. The lowest BCUT2D eigenvalue weighted by Gasteiger charge is -2.34. The van der Waals surface area contributed by atoms with E-state index in [4.69, 9.17) is 5.73 Å². The summed E-state index contributed by atoms with van der Waals surface area (Å²) in [5.41, 5.74) is 6.01. The number of methoxy groups -OCH3 is 1. The highest BCUT2D eigenvalue weighted by Crippen LogP contribution is 2.29. The van der Waals surface area contributed by atoms with Crippen LogP contribution in [0.4, 0.5) is 5.69 Å². The number of carbonyl (C=O) groups is 1. The van der Waals surface area contributed by atoms with Crippen LogP contribution in [0.15, 0.2) is 29.2 Å². The van der Waals surface area contributed by atoms with Gasteiger partial charge in [-0.25, -0.2) is 8.42 Å². The van der Waals surface area contributed by atoms with E-state index in [0.717, 1.165) is 12.8 Å². The van der Waals surface area contributed by atoms with Crippen molar-refractivity contribution in [3.8, 4) is 0 Å². The molecular weight excluding hydrogens is 292 g/mol. The Balaban J connectivity index is 2.32. The Bertz CT molecular complexity index is 615. The van der Waals surface area contributed by atoms with Crippen LogP contribution in [0.3, 0.4) is 0 Å². The fraction of sp³-hybridized carbons (Fsp3) is 0.500. The molecule has 1 aromatic carbocycles. The molecule has 116 valence electrons. The van der Waals surface area contributed by atoms with Gasteiger partial charge in [0.25, 0.3) is 0 Å². The number of nitrogens with two attached hydrogens (primary N) is 1. The molecule has 1 heterocycles. The van der Waals surface area contributed by atoms with Crippen molar-refractivity contribution in [3.05, 3.63) is 24.3 Å². The summed E-state index contributed by atoms with van der Waals surface area (Å²) in [7, 11) is -2.39. The fourth-order valence-electron chi connectivity index (χ4n) is 2.61. The quantitative estimate of drug-likeness (QED) is 0.670. The summed E-state index contributed by atoms with van der Waals surface area (Å²) in [6, 6.07) is 6.02. The molecule has 0 aromatic heterocycles. The molecule has 1 atom stereocenters. The molecule has 0 spiro atoms. The second-order valence-electron chi connectivity index (χ2n) is 5.08. The molecule has 1 aliphatic heterocycles. The fourth-order valence-corrected chi connectivity index (χ4v) is 4.42. The summed E-state index contributed by atoms with van der Waals surface area (Å²) >= 11 is 0. The van der Waals surface area contributed by atoms with E-state index >= 15 is 0 Å². The van der Waals surface area contributed by atoms with Crippen LogP contribution in [0.25, 0.3) is 0 Å². The van der Waals surface area contributed by atoms with E-state index in [1.165, 1.54) is 17.5 Å². The Morgan fingerprint density at radius 3 is 2.76 bits per heavy atom. The standard InChI is InChI=1S/C14H20N2O4S/c1-20-14(17)10-11-6-4-5-9-16(11)21(18,19)13-8-3-2-7-12(13)15/h2-3,7-8,11H,4-6,9-10,15H2,1H3. The van der Waals surface area contributed by atoms with Gasteiger partial charge in [-0.3, -0.25) is 4.79 Å². The van der Waals surface area contributed by atoms with E-state index in [0.29, 0.717) is 13.0 Å². The molecule has 1 aromatic rings. The maximum Gasteiger partial charge on any atom is 0.307 e. The molecular formula is C14H20N2O4S. The van der Waals surface area contributed by atoms with Gasteiger partial charge in [0.1, 0.15) is 4.90 Å². The smallest absolute Gasteiger partial charge is 0.307 e. The van der Waals surface area contributed by atoms with E-state index in [1.54, 1.807) is 18.2 Å². The van der Waals surface area contributed by atoms with Gasteiger partial charge >= 0.3 is 5.97 Å². The minimum Gasteiger partial charge on any atom is -0.469 e. The maximum atomic E-state index is 12.8. The van der Waals surface area contributed by atoms with Gasteiger partial charge in [-0.15, -0.1) is 0 Å². The molecule has 1 unspecified atom stereocenters. The molecule has 0 bridgehead atoms. The Hall–Kier alpha value is -1.60. The topological polar surface area (TPSA) is 89.7 Å². The number of nitrogen functional groups attached to an aromatic ring is 1.